The van der Waals surface area contributed by atoms with Gasteiger partial charge in [0.05, 0.1) is 5.76 Å². The van der Waals surface area contributed by atoms with Gasteiger partial charge in [0.15, 0.2) is 0 Å². The van der Waals surface area contributed by atoms with Crippen LogP contribution in [0.15, 0.2) is 24.0 Å². The van der Waals surface area contributed by atoms with Crippen LogP contribution >= 0.6 is 0 Å². The highest BCUT2D eigenvalue weighted by Crippen LogP contribution is 2.20. The summed E-state index contributed by atoms with van der Waals surface area (Å²) in [6.45, 7) is 0.745. The fraction of sp³-hybridized carbons (Fsp3) is 0.556. The van der Waals surface area contributed by atoms with E-state index in [0.717, 1.165) is 25.8 Å². The largest absolute Gasteiger partial charge is 0.512 e. The molecule has 0 bridgehead atoms. The molecule has 0 fully saturated rings. The first kappa shape index (κ1) is 8.34. The van der Waals surface area contributed by atoms with Crippen LogP contribution in [0, 0.1) is 5.92 Å². The molecule has 1 unspecified atom stereocenters. The van der Waals surface area contributed by atoms with E-state index < -0.39 is 0 Å². The van der Waals surface area contributed by atoms with E-state index >= 15 is 0 Å². The Morgan fingerprint density at radius 1 is 1.64 bits per heavy atom. The Bertz CT molecular complexity index is 172. The number of allylic oxidation sites excluding steroid dienone is 4. The monoisotopic (exact) mass is 153 g/mol. The fourth-order valence-electron chi connectivity index (χ4n) is 1.31. The summed E-state index contributed by atoms with van der Waals surface area (Å²) in [5.41, 5.74) is 5.38. The van der Waals surface area contributed by atoms with Gasteiger partial charge in [-0.05, 0) is 31.4 Å². The topological polar surface area (TPSA) is 46.2 Å². The third-order valence-electron chi connectivity index (χ3n) is 1.92. The van der Waals surface area contributed by atoms with Crippen molar-refractivity contribution in [2.24, 2.45) is 11.7 Å². The third-order valence-corrected chi connectivity index (χ3v) is 1.92. The van der Waals surface area contributed by atoms with Gasteiger partial charge in [0.2, 0.25) is 0 Å². The summed E-state index contributed by atoms with van der Waals surface area (Å²) in [6.07, 6.45) is 8.72. The van der Waals surface area contributed by atoms with Crippen molar-refractivity contribution in [2.45, 2.75) is 19.3 Å². The second-order valence-corrected chi connectivity index (χ2v) is 2.94. The number of aliphatic hydroxyl groups is 1. The summed E-state index contributed by atoms with van der Waals surface area (Å²) in [5.74, 6) is 0.998. The molecule has 0 radical (unpaired) electrons. The molecule has 11 heavy (non-hydrogen) atoms. The Kier molecular flexibility index (Phi) is 3.17. The van der Waals surface area contributed by atoms with Crippen LogP contribution in [0.5, 0.6) is 0 Å². The number of aliphatic hydroxyl groups excluding tert-OH is 1. The molecule has 0 heterocycles. The summed E-state index contributed by atoms with van der Waals surface area (Å²) in [4.78, 5) is 0. The van der Waals surface area contributed by atoms with Crippen molar-refractivity contribution in [3.63, 3.8) is 0 Å². The molecule has 0 aromatic heterocycles. The van der Waals surface area contributed by atoms with E-state index in [1.54, 1.807) is 6.08 Å². The van der Waals surface area contributed by atoms with Gasteiger partial charge >= 0.3 is 0 Å². The summed E-state index contributed by atoms with van der Waals surface area (Å²) < 4.78 is 0. The molecular weight excluding hydrogens is 138 g/mol. The lowest BCUT2D eigenvalue weighted by molar-refractivity contribution is 0.357. The normalized spacial score (nSPS) is 23.4. The van der Waals surface area contributed by atoms with Crippen LogP contribution in [0.4, 0.5) is 0 Å². The highest BCUT2D eigenvalue weighted by Gasteiger charge is 2.08. The van der Waals surface area contributed by atoms with Gasteiger partial charge in [0.25, 0.3) is 0 Å². The Morgan fingerprint density at radius 3 is 3.09 bits per heavy atom. The van der Waals surface area contributed by atoms with E-state index in [9.17, 15) is 0 Å². The molecule has 0 aromatic rings. The van der Waals surface area contributed by atoms with Crippen LogP contribution in [0.25, 0.3) is 0 Å². The summed E-state index contributed by atoms with van der Waals surface area (Å²) in [7, 11) is 0. The van der Waals surface area contributed by atoms with Gasteiger partial charge in [-0.25, -0.2) is 0 Å². The lowest BCUT2D eigenvalue weighted by Crippen LogP contribution is -2.06. The van der Waals surface area contributed by atoms with Crippen LogP contribution in [0.1, 0.15) is 19.3 Å². The van der Waals surface area contributed by atoms with Gasteiger partial charge in [-0.1, -0.05) is 12.2 Å². The molecule has 1 aliphatic carbocycles. The fourth-order valence-corrected chi connectivity index (χ4v) is 1.31. The average Bonchev–Trinajstić information content (AvgIpc) is 2.01. The smallest absolute Gasteiger partial charge is 0.0928 e. The Morgan fingerprint density at radius 2 is 2.45 bits per heavy atom. The van der Waals surface area contributed by atoms with Crippen molar-refractivity contribution in [1.29, 1.82) is 0 Å². The van der Waals surface area contributed by atoms with Crippen molar-refractivity contribution < 1.29 is 5.11 Å². The first-order chi connectivity index (χ1) is 5.33. The van der Waals surface area contributed by atoms with E-state index in [1.165, 1.54) is 0 Å². The standard InChI is InChI=1S/C9H15NO/c10-6-2-4-8-3-1-5-9(11)7-8/h1,3,5,8,11H,2,4,6-7,10H2. The number of hydrogen-bond donors (Lipinski definition) is 2. The maximum atomic E-state index is 9.16. The highest BCUT2D eigenvalue weighted by molar-refractivity contribution is 5.14. The highest BCUT2D eigenvalue weighted by atomic mass is 16.3. The molecule has 2 nitrogen and oxygen atoms in total. The lowest BCUT2D eigenvalue weighted by Gasteiger charge is -2.13. The molecule has 3 N–H and O–H groups in total. The van der Waals surface area contributed by atoms with Crippen LogP contribution in [-0.4, -0.2) is 11.7 Å². The Hall–Kier alpha value is -0.760. The zero-order chi connectivity index (χ0) is 8.10. The minimum absolute atomic E-state index is 0.495. The molecule has 0 aromatic carbocycles. The second kappa shape index (κ2) is 4.19. The molecule has 0 saturated carbocycles. The van der Waals surface area contributed by atoms with Crippen molar-refractivity contribution in [3.05, 3.63) is 24.0 Å². The number of hydrogen-bond acceptors (Lipinski definition) is 2. The van der Waals surface area contributed by atoms with E-state index in [1.807, 2.05) is 6.08 Å². The molecule has 0 amide bonds. The first-order valence-electron chi connectivity index (χ1n) is 4.09. The van der Waals surface area contributed by atoms with Gasteiger partial charge in [-0.3, -0.25) is 0 Å². The van der Waals surface area contributed by atoms with Crippen LogP contribution in [0.3, 0.4) is 0 Å². The van der Waals surface area contributed by atoms with Gasteiger partial charge in [-0.15, -0.1) is 0 Å². The molecule has 0 spiro atoms. The third kappa shape index (κ3) is 2.76. The molecule has 2 heteroatoms. The quantitative estimate of drug-likeness (QED) is 0.648. The molecule has 0 aliphatic heterocycles. The van der Waals surface area contributed by atoms with Crippen molar-refractivity contribution >= 4 is 0 Å². The maximum Gasteiger partial charge on any atom is 0.0928 e. The number of rotatable bonds is 3. The van der Waals surface area contributed by atoms with Crippen molar-refractivity contribution in [1.82, 2.24) is 0 Å². The molecular formula is C9H15NO. The first-order valence-corrected chi connectivity index (χ1v) is 4.09. The predicted molar refractivity (Wildman–Crippen MR) is 46.2 cm³/mol. The SMILES string of the molecule is NCCCC1C=CC=C(O)C1. The zero-order valence-electron chi connectivity index (χ0n) is 6.66. The Balaban J connectivity index is 2.28. The van der Waals surface area contributed by atoms with Crippen molar-refractivity contribution in [3.8, 4) is 0 Å². The summed E-state index contributed by atoms with van der Waals surface area (Å²) in [6, 6.07) is 0. The Labute approximate surface area is 67.4 Å². The van der Waals surface area contributed by atoms with Crippen LogP contribution in [0.2, 0.25) is 0 Å². The maximum absolute atomic E-state index is 9.16. The molecule has 1 rings (SSSR count). The van der Waals surface area contributed by atoms with Gasteiger partial charge in [0, 0.05) is 6.42 Å². The van der Waals surface area contributed by atoms with E-state index in [0.29, 0.717) is 11.7 Å². The van der Waals surface area contributed by atoms with Gasteiger partial charge in [0.1, 0.15) is 0 Å². The second-order valence-electron chi connectivity index (χ2n) is 2.94. The molecule has 1 aliphatic rings. The number of nitrogens with two attached hydrogens (primary N) is 1. The average molecular weight is 153 g/mol. The summed E-state index contributed by atoms with van der Waals surface area (Å²) >= 11 is 0. The van der Waals surface area contributed by atoms with E-state index in [4.69, 9.17) is 10.8 Å². The predicted octanol–water partition coefficient (Wildman–Crippen LogP) is 1.74. The lowest BCUT2D eigenvalue weighted by atomic mass is 9.95. The molecule has 62 valence electrons. The molecule has 0 saturated heterocycles. The van der Waals surface area contributed by atoms with Crippen LogP contribution in [-0.2, 0) is 0 Å². The zero-order valence-corrected chi connectivity index (χ0v) is 6.66. The van der Waals surface area contributed by atoms with E-state index in [-0.39, 0.29) is 0 Å². The minimum Gasteiger partial charge on any atom is -0.512 e. The van der Waals surface area contributed by atoms with Crippen molar-refractivity contribution in [2.75, 3.05) is 6.54 Å². The van der Waals surface area contributed by atoms with Gasteiger partial charge in [-0.2, -0.15) is 0 Å². The molecule has 1 atom stereocenters. The van der Waals surface area contributed by atoms with E-state index in [2.05, 4.69) is 6.08 Å². The van der Waals surface area contributed by atoms with Crippen LogP contribution < -0.4 is 5.73 Å². The summed E-state index contributed by atoms with van der Waals surface area (Å²) in [5, 5.41) is 9.16. The minimum atomic E-state index is 0.495. The van der Waals surface area contributed by atoms with Gasteiger partial charge < -0.3 is 10.8 Å².